The maximum Gasteiger partial charge on any atom is 0.237 e. The molecule has 0 spiro atoms. The molecule has 1 heterocycles. The van der Waals surface area contributed by atoms with Crippen LogP contribution in [0.2, 0.25) is 0 Å². The molecule has 2 N–H and O–H groups in total. The summed E-state index contributed by atoms with van der Waals surface area (Å²) in [7, 11) is 0. The molecule has 0 aliphatic rings. The number of anilines is 2. The number of amides is 2. The molecular formula is C19H19N5O2S. The van der Waals surface area contributed by atoms with Crippen molar-refractivity contribution in [1.29, 1.82) is 0 Å². The van der Waals surface area contributed by atoms with E-state index in [1.807, 2.05) is 55.5 Å². The molecule has 0 aliphatic carbocycles. The molecule has 138 valence electrons. The normalized spacial score (nSPS) is 11.6. The van der Waals surface area contributed by atoms with E-state index in [9.17, 15) is 9.59 Å². The fourth-order valence-electron chi connectivity index (χ4n) is 2.40. The molecular weight excluding hydrogens is 362 g/mol. The maximum absolute atomic E-state index is 12.4. The zero-order chi connectivity index (χ0) is 19.2. The van der Waals surface area contributed by atoms with E-state index in [-0.39, 0.29) is 17.1 Å². The van der Waals surface area contributed by atoms with Gasteiger partial charge < -0.3 is 10.6 Å². The van der Waals surface area contributed by atoms with Crippen LogP contribution in [0.15, 0.2) is 66.1 Å². The Morgan fingerprint density at radius 2 is 1.78 bits per heavy atom. The van der Waals surface area contributed by atoms with Crippen LogP contribution in [0.5, 0.6) is 0 Å². The number of carbonyl (C=O) groups is 2. The van der Waals surface area contributed by atoms with E-state index in [4.69, 9.17) is 0 Å². The Bertz CT molecular complexity index is 942. The molecule has 27 heavy (non-hydrogen) atoms. The van der Waals surface area contributed by atoms with Crippen molar-refractivity contribution in [3.63, 3.8) is 0 Å². The molecule has 0 saturated heterocycles. The van der Waals surface area contributed by atoms with E-state index in [1.54, 1.807) is 17.0 Å². The summed E-state index contributed by atoms with van der Waals surface area (Å²) in [6, 6.07) is 16.6. The number of benzene rings is 2. The predicted octanol–water partition coefficient (Wildman–Crippen LogP) is 3.35. The summed E-state index contributed by atoms with van der Waals surface area (Å²) in [5, 5.41) is 13.9. The van der Waals surface area contributed by atoms with Crippen LogP contribution in [-0.4, -0.2) is 31.8 Å². The SMILES string of the molecule is CC(=O)Nc1cccc(-n2cnnc2SC(C)C(=O)Nc2ccccc2)c1. The summed E-state index contributed by atoms with van der Waals surface area (Å²) < 4.78 is 1.78. The Kier molecular flexibility index (Phi) is 5.87. The van der Waals surface area contributed by atoms with Gasteiger partial charge in [0.1, 0.15) is 6.33 Å². The fourth-order valence-corrected chi connectivity index (χ4v) is 3.24. The summed E-state index contributed by atoms with van der Waals surface area (Å²) in [4.78, 5) is 23.7. The Morgan fingerprint density at radius 3 is 2.52 bits per heavy atom. The van der Waals surface area contributed by atoms with Gasteiger partial charge in [-0.05, 0) is 37.3 Å². The van der Waals surface area contributed by atoms with Crippen LogP contribution in [0.4, 0.5) is 11.4 Å². The quantitative estimate of drug-likeness (QED) is 0.639. The largest absolute Gasteiger partial charge is 0.326 e. The zero-order valence-electron chi connectivity index (χ0n) is 14.9. The van der Waals surface area contributed by atoms with E-state index in [0.717, 1.165) is 11.4 Å². The monoisotopic (exact) mass is 381 g/mol. The number of para-hydroxylation sites is 1. The summed E-state index contributed by atoms with van der Waals surface area (Å²) in [5.74, 6) is -0.260. The number of carbonyl (C=O) groups excluding carboxylic acids is 2. The number of thioether (sulfide) groups is 1. The second kappa shape index (κ2) is 8.50. The molecule has 0 saturated carbocycles. The highest BCUT2D eigenvalue weighted by Gasteiger charge is 2.18. The van der Waals surface area contributed by atoms with Gasteiger partial charge in [-0.3, -0.25) is 14.2 Å². The number of aromatic nitrogens is 3. The summed E-state index contributed by atoms with van der Waals surface area (Å²) in [5.41, 5.74) is 2.23. The van der Waals surface area contributed by atoms with Crippen molar-refractivity contribution in [2.45, 2.75) is 24.3 Å². The van der Waals surface area contributed by atoms with E-state index < -0.39 is 0 Å². The average molecular weight is 381 g/mol. The lowest BCUT2D eigenvalue weighted by molar-refractivity contribution is -0.115. The Morgan fingerprint density at radius 1 is 1.04 bits per heavy atom. The molecule has 0 bridgehead atoms. The van der Waals surface area contributed by atoms with E-state index >= 15 is 0 Å². The number of nitrogens with one attached hydrogen (secondary N) is 2. The minimum atomic E-state index is -0.369. The molecule has 0 aliphatic heterocycles. The molecule has 3 rings (SSSR count). The van der Waals surface area contributed by atoms with Crippen molar-refractivity contribution in [3.05, 3.63) is 60.9 Å². The molecule has 0 fully saturated rings. The molecule has 8 heteroatoms. The zero-order valence-corrected chi connectivity index (χ0v) is 15.7. The maximum atomic E-state index is 12.4. The third-order valence-electron chi connectivity index (χ3n) is 3.65. The first-order valence-electron chi connectivity index (χ1n) is 8.33. The van der Waals surface area contributed by atoms with Crippen molar-refractivity contribution in [1.82, 2.24) is 14.8 Å². The molecule has 2 amide bonds. The molecule has 1 unspecified atom stereocenters. The fraction of sp³-hybridized carbons (Fsp3) is 0.158. The first-order valence-corrected chi connectivity index (χ1v) is 9.21. The summed E-state index contributed by atoms with van der Waals surface area (Å²) in [6.07, 6.45) is 1.58. The van der Waals surface area contributed by atoms with Crippen LogP contribution in [0.1, 0.15) is 13.8 Å². The van der Waals surface area contributed by atoms with Crippen LogP contribution >= 0.6 is 11.8 Å². The van der Waals surface area contributed by atoms with Gasteiger partial charge in [-0.25, -0.2) is 0 Å². The Balaban J connectivity index is 1.73. The van der Waals surface area contributed by atoms with E-state index in [2.05, 4.69) is 20.8 Å². The highest BCUT2D eigenvalue weighted by Crippen LogP contribution is 2.25. The minimum Gasteiger partial charge on any atom is -0.326 e. The van der Waals surface area contributed by atoms with Gasteiger partial charge >= 0.3 is 0 Å². The van der Waals surface area contributed by atoms with Crippen molar-refractivity contribution >= 4 is 35.0 Å². The highest BCUT2D eigenvalue weighted by atomic mass is 32.2. The van der Waals surface area contributed by atoms with E-state index in [0.29, 0.717) is 10.8 Å². The molecule has 2 aromatic carbocycles. The number of nitrogens with zero attached hydrogens (tertiary/aromatic N) is 3. The van der Waals surface area contributed by atoms with Gasteiger partial charge in [-0.15, -0.1) is 10.2 Å². The van der Waals surface area contributed by atoms with Crippen LogP contribution in [-0.2, 0) is 9.59 Å². The average Bonchev–Trinajstić information content (AvgIpc) is 3.10. The van der Waals surface area contributed by atoms with Crippen molar-refractivity contribution < 1.29 is 9.59 Å². The van der Waals surface area contributed by atoms with Crippen LogP contribution in [0, 0.1) is 0 Å². The molecule has 1 atom stereocenters. The van der Waals surface area contributed by atoms with Gasteiger partial charge in [-0.2, -0.15) is 0 Å². The minimum absolute atomic E-state index is 0.118. The third kappa shape index (κ3) is 4.95. The Hall–Kier alpha value is -3.13. The van der Waals surface area contributed by atoms with Gasteiger partial charge in [-0.1, -0.05) is 36.0 Å². The van der Waals surface area contributed by atoms with Crippen LogP contribution in [0.3, 0.4) is 0 Å². The number of hydrogen-bond donors (Lipinski definition) is 2. The second-order valence-electron chi connectivity index (χ2n) is 5.83. The lowest BCUT2D eigenvalue weighted by Gasteiger charge is -2.13. The van der Waals surface area contributed by atoms with Gasteiger partial charge in [0.05, 0.1) is 10.9 Å². The highest BCUT2D eigenvalue weighted by molar-refractivity contribution is 8.00. The third-order valence-corrected chi connectivity index (χ3v) is 4.71. The first-order chi connectivity index (χ1) is 13.0. The lowest BCUT2D eigenvalue weighted by atomic mass is 10.2. The molecule has 1 aromatic heterocycles. The van der Waals surface area contributed by atoms with Gasteiger partial charge in [0.25, 0.3) is 0 Å². The molecule has 3 aromatic rings. The summed E-state index contributed by atoms with van der Waals surface area (Å²) >= 11 is 1.31. The predicted molar refractivity (Wildman–Crippen MR) is 106 cm³/mol. The van der Waals surface area contributed by atoms with Crippen molar-refractivity contribution in [2.24, 2.45) is 0 Å². The van der Waals surface area contributed by atoms with E-state index in [1.165, 1.54) is 18.7 Å². The van der Waals surface area contributed by atoms with Gasteiger partial charge in [0.2, 0.25) is 11.8 Å². The first kappa shape index (κ1) is 18.7. The van der Waals surface area contributed by atoms with Crippen molar-refractivity contribution in [3.8, 4) is 5.69 Å². The second-order valence-corrected chi connectivity index (χ2v) is 7.14. The van der Waals surface area contributed by atoms with Crippen LogP contribution < -0.4 is 10.6 Å². The number of hydrogen-bond acceptors (Lipinski definition) is 5. The van der Waals surface area contributed by atoms with Gasteiger partial charge in [0, 0.05) is 18.3 Å². The topological polar surface area (TPSA) is 88.9 Å². The lowest BCUT2D eigenvalue weighted by Crippen LogP contribution is -2.22. The van der Waals surface area contributed by atoms with Crippen LogP contribution in [0.25, 0.3) is 5.69 Å². The van der Waals surface area contributed by atoms with Gasteiger partial charge in [0.15, 0.2) is 5.16 Å². The smallest absolute Gasteiger partial charge is 0.237 e. The van der Waals surface area contributed by atoms with Crippen molar-refractivity contribution in [2.75, 3.05) is 10.6 Å². The Labute approximate surface area is 161 Å². The standard InChI is InChI=1S/C19H19N5O2S/c1-13(18(26)22-15-7-4-3-5-8-15)27-19-23-20-12-24(19)17-10-6-9-16(11-17)21-14(2)25/h3-13H,1-2H3,(H,21,25)(H,22,26). The number of rotatable bonds is 6. The summed E-state index contributed by atoms with van der Waals surface area (Å²) in [6.45, 7) is 3.27. The molecule has 7 nitrogen and oxygen atoms in total. The molecule has 0 radical (unpaired) electrons.